The Morgan fingerprint density at radius 1 is 0.960 bits per heavy atom. The van der Waals surface area contributed by atoms with Gasteiger partial charge in [-0.2, -0.15) is 0 Å². The van der Waals surface area contributed by atoms with Gasteiger partial charge in [-0.1, -0.05) is 29.8 Å². The van der Waals surface area contributed by atoms with Gasteiger partial charge in [0.15, 0.2) is 0 Å². The molecule has 0 fully saturated rings. The highest BCUT2D eigenvalue weighted by molar-refractivity contribution is 6.32. The van der Waals surface area contributed by atoms with E-state index < -0.39 is 0 Å². The maximum atomic E-state index is 9.60. The lowest BCUT2D eigenvalue weighted by Gasteiger charge is -2.24. The largest absolute Gasteiger partial charge is 0.506 e. The molecular formula is C20H27ClN2O2. The molecule has 2 rings (SSSR count). The number of ether oxygens (including phenoxy) is 1. The van der Waals surface area contributed by atoms with E-state index in [-0.39, 0.29) is 5.75 Å². The quantitative estimate of drug-likeness (QED) is 0.731. The summed E-state index contributed by atoms with van der Waals surface area (Å²) in [5.41, 5.74) is 2.34. The molecule has 4 nitrogen and oxygen atoms in total. The lowest BCUT2D eigenvalue weighted by molar-refractivity contribution is 0.239. The van der Waals surface area contributed by atoms with Gasteiger partial charge < -0.3 is 14.7 Å². The second-order valence-electron chi connectivity index (χ2n) is 6.50. The lowest BCUT2D eigenvalue weighted by Crippen LogP contribution is -2.26. The third kappa shape index (κ3) is 6.58. The monoisotopic (exact) mass is 362 g/mol. The number of nitrogens with zero attached hydrogens (tertiary/aromatic N) is 2. The zero-order chi connectivity index (χ0) is 18.2. The van der Waals surface area contributed by atoms with Crippen molar-refractivity contribution < 1.29 is 9.84 Å². The molecule has 0 unspecified atom stereocenters. The van der Waals surface area contributed by atoms with E-state index >= 15 is 0 Å². The summed E-state index contributed by atoms with van der Waals surface area (Å²) >= 11 is 6.05. The maximum Gasteiger partial charge on any atom is 0.134 e. The third-order valence-corrected chi connectivity index (χ3v) is 4.37. The second kappa shape index (κ2) is 9.66. The first-order valence-corrected chi connectivity index (χ1v) is 8.83. The van der Waals surface area contributed by atoms with Crippen molar-refractivity contribution in [3.05, 3.63) is 58.6 Å². The van der Waals surface area contributed by atoms with Gasteiger partial charge in [-0.05, 0) is 62.5 Å². The fourth-order valence-corrected chi connectivity index (χ4v) is 2.92. The highest BCUT2D eigenvalue weighted by Gasteiger charge is 2.09. The molecule has 0 saturated heterocycles. The summed E-state index contributed by atoms with van der Waals surface area (Å²) in [7, 11) is 5.86. The summed E-state index contributed by atoms with van der Waals surface area (Å²) < 4.78 is 5.23. The number of hydrogen-bond acceptors (Lipinski definition) is 4. The Kier molecular flexibility index (Phi) is 7.56. The second-order valence-corrected chi connectivity index (χ2v) is 6.91. The van der Waals surface area contributed by atoms with Crippen molar-refractivity contribution in [2.45, 2.75) is 19.5 Å². The molecule has 5 heteroatoms. The maximum absolute atomic E-state index is 9.60. The van der Waals surface area contributed by atoms with E-state index in [2.05, 4.69) is 36.0 Å². The van der Waals surface area contributed by atoms with E-state index in [4.69, 9.17) is 16.3 Å². The smallest absolute Gasteiger partial charge is 0.134 e. The zero-order valence-electron chi connectivity index (χ0n) is 15.2. The van der Waals surface area contributed by atoms with Gasteiger partial charge in [0.2, 0.25) is 0 Å². The molecule has 0 saturated carbocycles. The van der Waals surface area contributed by atoms with E-state index in [1.54, 1.807) is 13.2 Å². The molecule has 0 aliphatic heterocycles. The minimum absolute atomic E-state index is 0.125. The van der Waals surface area contributed by atoms with Crippen LogP contribution in [-0.4, -0.2) is 49.2 Å². The first kappa shape index (κ1) is 19.6. The van der Waals surface area contributed by atoms with Crippen LogP contribution in [-0.2, 0) is 13.1 Å². The van der Waals surface area contributed by atoms with Gasteiger partial charge in [-0.25, -0.2) is 0 Å². The molecule has 0 aliphatic rings. The van der Waals surface area contributed by atoms with Crippen molar-refractivity contribution in [2.24, 2.45) is 0 Å². The summed E-state index contributed by atoms with van der Waals surface area (Å²) in [6.07, 6.45) is 1.09. The SMILES string of the molecule is COc1ccc(CN(CCCN(C)C)Cc2ccc(O)c(Cl)c2)cc1. The van der Waals surface area contributed by atoms with Crippen LogP contribution in [0.3, 0.4) is 0 Å². The predicted octanol–water partition coefficient (Wildman–Crippen LogP) is 4.01. The molecule has 2 aromatic rings. The van der Waals surface area contributed by atoms with Crippen LogP contribution in [0.15, 0.2) is 42.5 Å². The van der Waals surface area contributed by atoms with Gasteiger partial charge in [0.05, 0.1) is 12.1 Å². The minimum Gasteiger partial charge on any atom is -0.506 e. The summed E-state index contributed by atoms with van der Waals surface area (Å²) in [6.45, 7) is 3.69. The predicted molar refractivity (Wildman–Crippen MR) is 103 cm³/mol. The van der Waals surface area contributed by atoms with Crippen molar-refractivity contribution in [2.75, 3.05) is 34.3 Å². The van der Waals surface area contributed by atoms with Gasteiger partial charge >= 0.3 is 0 Å². The molecular weight excluding hydrogens is 336 g/mol. The van der Waals surface area contributed by atoms with E-state index in [0.717, 1.165) is 43.9 Å². The minimum atomic E-state index is 0.125. The number of phenolic OH excluding ortho intramolecular Hbond substituents is 1. The Morgan fingerprint density at radius 3 is 2.20 bits per heavy atom. The van der Waals surface area contributed by atoms with Crippen LogP contribution >= 0.6 is 11.6 Å². The van der Waals surface area contributed by atoms with Crippen LogP contribution in [0.1, 0.15) is 17.5 Å². The van der Waals surface area contributed by atoms with Crippen LogP contribution in [0.4, 0.5) is 0 Å². The first-order valence-electron chi connectivity index (χ1n) is 8.45. The molecule has 0 heterocycles. The van der Waals surface area contributed by atoms with E-state index in [1.165, 1.54) is 5.56 Å². The van der Waals surface area contributed by atoms with Gasteiger partial charge in [0.1, 0.15) is 11.5 Å². The molecule has 0 atom stereocenters. The van der Waals surface area contributed by atoms with Gasteiger partial charge in [-0.3, -0.25) is 4.90 Å². The summed E-state index contributed by atoms with van der Waals surface area (Å²) in [6, 6.07) is 13.6. The van der Waals surface area contributed by atoms with Crippen molar-refractivity contribution >= 4 is 11.6 Å². The number of halogens is 1. The van der Waals surface area contributed by atoms with Crippen molar-refractivity contribution in [3.8, 4) is 11.5 Å². The number of methoxy groups -OCH3 is 1. The van der Waals surface area contributed by atoms with Gasteiger partial charge in [-0.15, -0.1) is 0 Å². The average molecular weight is 363 g/mol. The average Bonchev–Trinajstić information content (AvgIpc) is 2.58. The van der Waals surface area contributed by atoms with Crippen molar-refractivity contribution in [1.29, 1.82) is 0 Å². The van der Waals surface area contributed by atoms with E-state index in [1.807, 2.05) is 24.3 Å². The molecule has 0 aliphatic carbocycles. The standard InChI is InChI=1S/C20H27ClN2O2/c1-22(2)11-4-12-23(14-16-5-8-18(25-3)9-6-16)15-17-7-10-20(24)19(21)13-17/h5-10,13,24H,4,11-12,14-15H2,1-3H3. The summed E-state index contributed by atoms with van der Waals surface area (Å²) in [5, 5.41) is 10.0. The molecule has 0 radical (unpaired) electrons. The Hall–Kier alpha value is -1.75. The van der Waals surface area contributed by atoms with E-state index in [9.17, 15) is 5.11 Å². The highest BCUT2D eigenvalue weighted by atomic mass is 35.5. The van der Waals surface area contributed by atoms with Crippen LogP contribution < -0.4 is 4.74 Å². The van der Waals surface area contributed by atoms with Crippen molar-refractivity contribution in [1.82, 2.24) is 9.80 Å². The number of aromatic hydroxyl groups is 1. The topological polar surface area (TPSA) is 35.9 Å². The number of rotatable bonds is 9. The number of benzene rings is 2. The molecule has 0 aromatic heterocycles. The molecule has 1 N–H and O–H groups in total. The molecule has 0 spiro atoms. The van der Waals surface area contributed by atoms with Crippen LogP contribution in [0.2, 0.25) is 5.02 Å². The lowest BCUT2D eigenvalue weighted by atomic mass is 10.1. The van der Waals surface area contributed by atoms with Crippen LogP contribution in [0.25, 0.3) is 0 Å². The number of phenols is 1. The molecule has 0 amide bonds. The highest BCUT2D eigenvalue weighted by Crippen LogP contribution is 2.24. The fraction of sp³-hybridized carbons (Fsp3) is 0.400. The Balaban J connectivity index is 2.06. The van der Waals surface area contributed by atoms with Gasteiger partial charge in [0.25, 0.3) is 0 Å². The zero-order valence-corrected chi connectivity index (χ0v) is 16.0. The van der Waals surface area contributed by atoms with Crippen LogP contribution in [0.5, 0.6) is 11.5 Å². The fourth-order valence-electron chi connectivity index (χ4n) is 2.72. The normalized spacial score (nSPS) is 11.3. The Morgan fingerprint density at radius 2 is 1.60 bits per heavy atom. The Labute approximate surface area is 155 Å². The summed E-state index contributed by atoms with van der Waals surface area (Å²) in [5.74, 6) is 0.993. The molecule has 2 aromatic carbocycles. The molecule has 0 bridgehead atoms. The van der Waals surface area contributed by atoms with E-state index in [0.29, 0.717) is 5.02 Å². The number of hydrogen-bond donors (Lipinski definition) is 1. The molecule has 25 heavy (non-hydrogen) atoms. The van der Waals surface area contributed by atoms with Crippen molar-refractivity contribution in [3.63, 3.8) is 0 Å². The Bertz CT molecular complexity index is 659. The third-order valence-electron chi connectivity index (χ3n) is 4.06. The summed E-state index contributed by atoms with van der Waals surface area (Å²) in [4.78, 5) is 4.59. The molecule has 136 valence electrons. The van der Waals surface area contributed by atoms with Crippen LogP contribution in [0, 0.1) is 0 Å². The first-order chi connectivity index (χ1) is 12.0. The van der Waals surface area contributed by atoms with Gasteiger partial charge in [0, 0.05) is 19.6 Å².